The molecule has 30 heavy (non-hydrogen) atoms. The molecule has 0 bridgehead atoms. The Kier molecular flexibility index (Phi) is 6.87. The number of nitrogens with two attached hydrogens (primary N) is 1. The van der Waals surface area contributed by atoms with E-state index in [0.717, 1.165) is 10.5 Å². The van der Waals surface area contributed by atoms with Crippen molar-refractivity contribution in [2.24, 2.45) is 0 Å². The fraction of sp³-hybridized carbons (Fsp3) is 0.143. The van der Waals surface area contributed by atoms with Crippen LogP contribution < -0.4 is 16.4 Å². The van der Waals surface area contributed by atoms with Crippen LogP contribution >= 0.6 is 11.8 Å². The molecule has 9 heteroatoms. The van der Waals surface area contributed by atoms with E-state index >= 15 is 0 Å². The summed E-state index contributed by atoms with van der Waals surface area (Å²) in [5, 5.41) is 5.46. The molecule has 0 aliphatic carbocycles. The number of carbonyl (C=O) groups excluding carboxylic acids is 2. The third-order valence-corrected chi connectivity index (χ3v) is 4.81. The number of aromatic nitrogens is 2. The molecule has 2 amide bonds. The lowest BCUT2D eigenvalue weighted by Crippen LogP contribution is -2.19. The number of carbonyl (C=O) groups is 2. The Morgan fingerprint density at radius 1 is 1.03 bits per heavy atom. The summed E-state index contributed by atoms with van der Waals surface area (Å²) in [4.78, 5) is 33.3. The number of anilines is 3. The molecule has 0 fully saturated rings. The molecule has 0 saturated heterocycles. The minimum Gasteiger partial charge on any atom is -0.462 e. The van der Waals surface area contributed by atoms with Crippen molar-refractivity contribution < 1.29 is 14.3 Å². The predicted molar refractivity (Wildman–Crippen MR) is 119 cm³/mol. The molecular weight excluding hydrogens is 402 g/mol. The lowest BCUT2D eigenvalue weighted by atomic mass is 10.2. The van der Waals surface area contributed by atoms with Gasteiger partial charge in [0, 0.05) is 23.1 Å². The van der Waals surface area contributed by atoms with Crippen molar-refractivity contribution in [1.82, 2.24) is 9.97 Å². The van der Waals surface area contributed by atoms with E-state index in [0.29, 0.717) is 35.2 Å². The van der Waals surface area contributed by atoms with Gasteiger partial charge in [0.15, 0.2) is 5.82 Å². The van der Waals surface area contributed by atoms with E-state index in [1.54, 1.807) is 61.7 Å². The second kappa shape index (κ2) is 9.75. The fourth-order valence-electron chi connectivity index (χ4n) is 2.58. The average Bonchev–Trinajstić information content (AvgIpc) is 2.75. The van der Waals surface area contributed by atoms with Crippen LogP contribution in [0.1, 0.15) is 17.3 Å². The molecule has 0 spiro atoms. The number of ether oxygens (including phenoxy) is 1. The highest BCUT2D eigenvalue weighted by Gasteiger charge is 2.09. The molecule has 1 heterocycles. The topological polar surface area (TPSA) is 119 Å². The largest absolute Gasteiger partial charge is 0.462 e. The van der Waals surface area contributed by atoms with Gasteiger partial charge in [-0.3, -0.25) is 0 Å². The van der Waals surface area contributed by atoms with Crippen LogP contribution in [0.15, 0.2) is 59.6 Å². The van der Waals surface area contributed by atoms with Crippen LogP contribution in [0, 0.1) is 0 Å². The zero-order valence-electron chi connectivity index (χ0n) is 16.5. The third kappa shape index (κ3) is 5.26. The van der Waals surface area contributed by atoms with E-state index in [2.05, 4.69) is 20.6 Å². The molecule has 8 nitrogen and oxygen atoms in total. The van der Waals surface area contributed by atoms with Crippen molar-refractivity contribution in [3.05, 3.63) is 60.3 Å². The summed E-state index contributed by atoms with van der Waals surface area (Å²) in [6.07, 6.45) is 3.60. The molecule has 0 saturated carbocycles. The minimum absolute atomic E-state index is 0.308. The Labute approximate surface area is 178 Å². The van der Waals surface area contributed by atoms with Crippen LogP contribution in [0.3, 0.4) is 0 Å². The molecule has 0 unspecified atom stereocenters. The van der Waals surface area contributed by atoms with E-state index < -0.39 is 12.0 Å². The van der Waals surface area contributed by atoms with E-state index in [9.17, 15) is 9.59 Å². The maximum atomic E-state index is 12.2. The number of amides is 2. The van der Waals surface area contributed by atoms with Gasteiger partial charge < -0.3 is 21.1 Å². The smallest absolute Gasteiger partial charge is 0.338 e. The van der Waals surface area contributed by atoms with Crippen molar-refractivity contribution >= 4 is 41.0 Å². The van der Waals surface area contributed by atoms with Gasteiger partial charge in [-0.2, -0.15) is 0 Å². The van der Waals surface area contributed by atoms with Gasteiger partial charge >= 0.3 is 12.0 Å². The molecule has 2 aromatic carbocycles. The fourth-order valence-corrected chi connectivity index (χ4v) is 2.99. The number of benzene rings is 2. The minimum atomic E-state index is -0.406. The van der Waals surface area contributed by atoms with Crippen molar-refractivity contribution in [1.29, 1.82) is 0 Å². The lowest BCUT2D eigenvalue weighted by Gasteiger charge is -2.09. The number of nitrogens with zero attached hydrogens (tertiary/aromatic N) is 2. The highest BCUT2D eigenvalue weighted by molar-refractivity contribution is 7.98. The Morgan fingerprint density at radius 3 is 2.17 bits per heavy atom. The highest BCUT2D eigenvalue weighted by atomic mass is 32.2. The van der Waals surface area contributed by atoms with Crippen molar-refractivity contribution in [3.63, 3.8) is 0 Å². The van der Waals surface area contributed by atoms with Crippen molar-refractivity contribution in [2.45, 2.75) is 11.8 Å². The van der Waals surface area contributed by atoms with Crippen molar-refractivity contribution in [2.75, 3.05) is 29.2 Å². The summed E-state index contributed by atoms with van der Waals surface area (Å²) in [7, 11) is 0. The third-order valence-electron chi connectivity index (χ3n) is 4.06. The number of nitrogens with one attached hydrogen (secondary N) is 2. The molecule has 154 valence electrons. The lowest BCUT2D eigenvalue weighted by molar-refractivity contribution is 0.0526. The van der Waals surface area contributed by atoms with Gasteiger partial charge in [-0.25, -0.2) is 19.6 Å². The van der Waals surface area contributed by atoms with Gasteiger partial charge in [-0.1, -0.05) is 0 Å². The molecule has 3 rings (SSSR count). The number of esters is 1. The molecule has 0 aliphatic rings. The zero-order valence-corrected chi connectivity index (χ0v) is 17.3. The van der Waals surface area contributed by atoms with Gasteiger partial charge in [-0.05, 0) is 61.7 Å². The summed E-state index contributed by atoms with van der Waals surface area (Å²) in [5.41, 5.74) is 8.28. The average molecular weight is 423 g/mol. The van der Waals surface area contributed by atoms with Crippen molar-refractivity contribution in [3.8, 4) is 11.4 Å². The van der Waals surface area contributed by atoms with Crippen LogP contribution in [-0.2, 0) is 4.74 Å². The highest BCUT2D eigenvalue weighted by Crippen LogP contribution is 2.24. The number of hydrogen-bond acceptors (Lipinski definition) is 7. The van der Waals surface area contributed by atoms with Crippen LogP contribution in [0.2, 0.25) is 0 Å². The van der Waals surface area contributed by atoms with E-state index in [1.165, 1.54) is 11.8 Å². The first-order chi connectivity index (χ1) is 14.5. The maximum Gasteiger partial charge on any atom is 0.338 e. The Balaban J connectivity index is 1.60. The first-order valence-electron chi connectivity index (χ1n) is 9.12. The number of hydrogen-bond donors (Lipinski definition) is 3. The second-order valence-corrected chi connectivity index (χ2v) is 6.95. The monoisotopic (exact) mass is 423 g/mol. The Hall–Kier alpha value is -3.59. The van der Waals surface area contributed by atoms with Gasteiger partial charge in [0.25, 0.3) is 0 Å². The molecule has 3 aromatic rings. The van der Waals surface area contributed by atoms with E-state index in [-0.39, 0.29) is 0 Å². The maximum absolute atomic E-state index is 12.2. The van der Waals surface area contributed by atoms with E-state index in [1.807, 2.05) is 6.26 Å². The molecule has 0 aliphatic heterocycles. The predicted octanol–water partition coefficient (Wildman–Crippen LogP) is 4.27. The molecule has 4 N–H and O–H groups in total. The molecular formula is C21H21N5O3S. The van der Waals surface area contributed by atoms with Gasteiger partial charge in [-0.15, -0.1) is 11.8 Å². The quantitative estimate of drug-likeness (QED) is 0.400. The van der Waals surface area contributed by atoms with E-state index in [4.69, 9.17) is 10.5 Å². The first-order valence-corrected chi connectivity index (χ1v) is 10.3. The van der Waals surface area contributed by atoms with Crippen LogP contribution in [0.5, 0.6) is 0 Å². The summed E-state index contributed by atoms with van der Waals surface area (Å²) >= 11 is 1.49. The summed E-state index contributed by atoms with van der Waals surface area (Å²) in [6, 6.07) is 13.2. The molecule has 0 atom stereocenters. The van der Waals surface area contributed by atoms with Crippen LogP contribution in [0.25, 0.3) is 11.4 Å². The zero-order chi connectivity index (χ0) is 21.5. The Bertz CT molecular complexity index is 1040. The molecule has 1 aromatic heterocycles. The summed E-state index contributed by atoms with van der Waals surface area (Å²) in [6.45, 7) is 2.05. The van der Waals surface area contributed by atoms with Gasteiger partial charge in [0.1, 0.15) is 5.82 Å². The SMILES string of the molecule is CCOC(=O)c1ccc(NC(=O)Nc2ccc(-c3ncc(SC)c(N)n3)cc2)cc1. The number of thioether (sulfide) groups is 1. The number of nitrogen functional groups attached to an aromatic ring is 1. The summed E-state index contributed by atoms with van der Waals surface area (Å²) in [5.74, 6) is 0.550. The normalized spacial score (nSPS) is 10.3. The van der Waals surface area contributed by atoms with Crippen LogP contribution in [0.4, 0.5) is 22.0 Å². The second-order valence-electron chi connectivity index (χ2n) is 6.10. The Morgan fingerprint density at radius 2 is 1.63 bits per heavy atom. The van der Waals surface area contributed by atoms with Gasteiger partial charge in [0.05, 0.1) is 17.1 Å². The van der Waals surface area contributed by atoms with Crippen LogP contribution in [-0.4, -0.2) is 34.8 Å². The van der Waals surface area contributed by atoms with Gasteiger partial charge in [0.2, 0.25) is 0 Å². The number of rotatable bonds is 6. The number of urea groups is 1. The standard InChI is InChI=1S/C21H21N5O3S/c1-3-29-20(27)14-6-10-16(11-7-14)25-21(28)24-15-8-4-13(5-9-15)19-23-12-17(30-2)18(22)26-19/h4-12H,3H2,1-2H3,(H2,22,23,26)(H2,24,25,28). The first kappa shape index (κ1) is 21.1. The molecule has 0 radical (unpaired) electrons. The summed E-state index contributed by atoms with van der Waals surface area (Å²) < 4.78 is 4.93.